The van der Waals surface area contributed by atoms with Gasteiger partial charge < -0.3 is 14.6 Å². The topological polar surface area (TPSA) is 68.7 Å². The smallest absolute Gasteiger partial charge is 0.395 e. The fraction of sp³-hybridized carbons (Fsp3) is 0.280. The van der Waals surface area contributed by atoms with Gasteiger partial charge in [0.05, 0.1) is 17.7 Å². The molecule has 0 amide bonds. The zero-order chi connectivity index (χ0) is 22.5. The van der Waals surface area contributed by atoms with Crippen LogP contribution in [0.2, 0.25) is 0 Å². The summed E-state index contributed by atoms with van der Waals surface area (Å²) in [7, 11) is 0. The Kier molecular flexibility index (Phi) is 4.74. The van der Waals surface area contributed by atoms with Gasteiger partial charge in [-0.2, -0.15) is 0 Å². The summed E-state index contributed by atoms with van der Waals surface area (Å²) in [6.07, 6.45) is -2.22. The summed E-state index contributed by atoms with van der Waals surface area (Å²) in [5.41, 5.74) is 4.11. The SMILES string of the molecule is Cc1ccc(CC(=O)C2(c3ccc4c(c3)OC(F)(F)O4)CC2)nc1-c1ccc(CO)cc1. The van der Waals surface area contributed by atoms with Crippen LogP contribution in [0.25, 0.3) is 11.3 Å². The van der Waals surface area contributed by atoms with Gasteiger partial charge in [-0.3, -0.25) is 9.78 Å². The number of rotatable bonds is 6. The molecule has 0 atom stereocenters. The number of aromatic nitrogens is 1. The monoisotopic (exact) mass is 437 g/mol. The molecule has 0 saturated heterocycles. The Bertz CT molecular complexity index is 1200. The molecular weight excluding hydrogens is 416 g/mol. The quantitative estimate of drug-likeness (QED) is 0.605. The van der Waals surface area contributed by atoms with Crippen LogP contribution < -0.4 is 9.47 Å². The summed E-state index contributed by atoms with van der Waals surface area (Å²) in [6.45, 7) is 1.93. The lowest BCUT2D eigenvalue weighted by Gasteiger charge is -2.15. The minimum Gasteiger partial charge on any atom is -0.395 e. The van der Waals surface area contributed by atoms with Gasteiger partial charge in [-0.1, -0.05) is 36.4 Å². The van der Waals surface area contributed by atoms with Crippen LogP contribution in [0.3, 0.4) is 0 Å². The molecule has 1 saturated carbocycles. The first-order valence-corrected chi connectivity index (χ1v) is 10.4. The van der Waals surface area contributed by atoms with Crippen molar-refractivity contribution in [2.45, 2.75) is 44.5 Å². The van der Waals surface area contributed by atoms with E-state index in [1.807, 2.05) is 43.3 Å². The largest absolute Gasteiger partial charge is 0.586 e. The molecule has 5 rings (SSSR count). The van der Waals surface area contributed by atoms with Gasteiger partial charge in [0, 0.05) is 17.7 Å². The summed E-state index contributed by atoms with van der Waals surface area (Å²) in [5, 5.41) is 9.25. The molecule has 0 bridgehead atoms. The van der Waals surface area contributed by atoms with Crippen molar-refractivity contribution in [1.29, 1.82) is 0 Å². The second-order valence-electron chi connectivity index (χ2n) is 8.33. The predicted molar refractivity (Wildman–Crippen MR) is 113 cm³/mol. The summed E-state index contributed by atoms with van der Waals surface area (Å²) in [6, 6.07) is 15.8. The number of carbonyl (C=O) groups is 1. The molecule has 1 aromatic heterocycles. The maximum absolute atomic E-state index is 13.3. The highest BCUT2D eigenvalue weighted by atomic mass is 19.3. The average Bonchev–Trinajstić information content (AvgIpc) is 3.52. The molecular formula is C25H21F2NO4. The molecule has 0 unspecified atom stereocenters. The van der Waals surface area contributed by atoms with Crippen LogP contribution in [-0.4, -0.2) is 22.2 Å². The van der Waals surface area contributed by atoms with Gasteiger partial charge in [0.25, 0.3) is 0 Å². The number of ether oxygens (including phenoxy) is 2. The van der Waals surface area contributed by atoms with Crippen LogP contribution in [0.1, 0.15) is 35.2 Å². The lowest BCUT2D eigenvalue weighted by molar-refractivity contribution is -0.286. The van der Waals surface area contributed by atoms with Crippen molar-refractivity contribution in [3.63, 3.8) is 0 Å². The molecule has 1 N–H and O–H groups in total. The number of ketones is 1. The number of aliphatic hydroxyl groups excluding tert-OH is 1. The van der Waals surface area contributed by atoms with Gasteiger partial charge in [-0.05, 0) is 54.7 Å². The second-order valence-corrected chi connectivity index (χ2v) is 8.33. The van der Waals surface area contributed by atoms with Gasteiger partial charge in [0.2, 0.25) is 0 Å². The van der Waals surface area contributed by atoms with E-state index >= 15 is 0 Å². The van der Waals surface area contributed by atoms with Crippen LogP contribution in [-0.2, 0) is 23.2 Å². The summed E-state index contributed by atoms with van der Waals surface area (Å²) >= 11 is 0. The molecule has 0 spiro atoms. The van der Waals surface area contributed by atoms with Gasteiger partial charge in [-0.15, -0.1) is 8.78 Å². The van der Waals surface area contributed by atoms with Crippen LogP contribution in [0, 0.1) is 6.92 Å². The molecule has 0 radical (unpaired) electrons. The number of alkyl halides is 2. The number of hydrogen-bond donors (Lipinski definition) is 1. The number of aryl methyl sites for hydroxylation is 1. The minimum atomic E-state index is -3.68. The zero-order valence-electron chi connectivity index (χ0n) is 17.4. The molecule has 1 aliphatic carbocycles. The molecule has 2 heterocycles. The number of benzene rings is 2. The van der Waals surface area contributed by atoms with E-state index in [9.17, 15) is 18.7 Å². The van der Waals surface area contributed by atoms with Crippen molar-refractivity contribution >= 4 is 5.78 Å². The molecule has 3 aromatic rings. The Labute approximate surface area is 183 Å². The Balaban J connectivity index is 1.38. The van der Waals surface area contributed by atoms with Crippen LogP contribution in [0.5, 0.6) is 11.5 Å². The number of fused-ring (bicyclic) bond motifs is 1. The Morgan fingerprint density at radius 1 is 1.03 bits per heavy atom. The summed E-state index contributed by atoms with van der Waals surface area (Å²) in [4.78, 5) is 18.0. The van der Waals surface area contributed by atoms with Crippen LogP contribution in [0.15, 0.2) is 54.6 Å². The summed E-state index contributed by atoms with van der Waals surface area (Å²) < 4.78 is 35.7. The van der Waals surface area contributed by atoms with Gasteiger partial charge >= 0.3 is 6.29 Å². The third-order valence-electron chi connectivity index (χ3n) is 6.14. The third kappa shape index (κ3) is 3.62. The van der Waals surface area contributed by atoms with Gasteiger partial charge in [0.15, 0.2) is 11.5 Å². The highest BCUT2D eigenvalue weighted by molar-refractivity contribution is 5.94. The fourth-order valence-corrected chi connectivity index (χ4v) is 4.16. The highest BCUT2D eigenvalue weighted by Gasteiger charge is 2.52. The fourth-order valence-electron chi connectivity index (χ4n) is 4.16. The maximum atomic E-state index is 13.3. The van der Waals surface area contributed by atoms with E-state index in [1.54, 1.807) is 6.07 Å². The van der Waals surface area contributed by atoms with Gasteiger partial charge in [0.1, 0.15) is 5.78 Å². The number of aliphatic hydroxyl groups is 1. The maximum Gasteiger partial charge on any atom is 0.586 e. The number of nitrogens with zero attached hydrogens (tertiary/aromatic N) is 1. The normalized spacial score (nSPS) is 17.2. The Morgan fingerprint density at radius 2 is 1.75 bits per heavy atom. The van der Waals surface area contributed by atoms with E-state index in [0.29, 0.717) is 24.1 Å². The van der Waals surface area contributed by atoms with Crippen molar-refractivity contribution in [2.75, 3.05) is 0 Å². The molecule has 32 heavy (non-hydrogen) atoms. The van der Waals surface area contributed by atoms with E-state index in [2.05, 4.69) is 9.47 Å². The molecule has 7 heteroatoms. The number of carbonyl (C=O) groups excluding carboxylic acids is 1. The average molecular weight is 437 g/mol. The first-order chi connectivity index (χ1) is 15.3. The molecule has 2 aliphatic rings. The van der Waals surface area contributed by atoms with E-state index in [-0.39, 0.29) is 30.3 Å². The highest BCUT2D eigenvalue weighted by Crippen LogP contribution is 2.52. The third-order valence-corrected chi connectivity index (χ3v) is 6.14. The van der Waals surface area contributed by atoms with Crippen molar-refractivity contribution in [2.24, 2.45) is 0 Å². The Hall–Kier alpha value is -3.32. The van der Waals surface area contributed by atoms with Crippen molar-refractivity contribution in [3.05, 3.63) is 77.0 Å². The number of halogens is 2. The van der Waals surface area contributed by atoms with E-state index in [0.717, 1.165) is 22.4 Å². The number of hydrogen-bond acceptors (Lipinski definition) is 5. The van der Waals surface area contributed by atoms with Crippen LogP contribution >= 0.6 is 0 Å². The Morgan fingerprint density at radius 3 is 2.44 bits per heavy atom. The molecule has 2 aromatic carbocycles. The molecule has 1 aliphatic heterocycles. The van der Waals surface area contributed by atoms with Gasteiger partial charge in [-0.25, -0.2) is 0 Å². The lowest BCUT2D eigenvalue weighted by Crippen LogP contribution is -2.26. The first-order valence-electron chi connectivity index (χ1n) is 10.4. The molecule has 5 nitrogen and oxygen atoms in total. The molecule has 1 fully saturated rings. The number of Topliss-reactive ketones (excluding diaryl/α,β-unsaturated/α-hetero) is 1. The van der Waals surface area contributed by atoms with E-state index < -0.39 is 11.7 Å². The second kappa shape index (κ2) is 7.38. The number of pyridine rings is 1. The zero-order valence-corrected chi connectivity index (χ0v) is 17.4. The minimum absolute atomic E-state index is 0.000979. The van der Waals surface area contributed by atoms with Crippen molar-refractivity contribution in [1.82, 2.24) is 4.98 Å². The molecule has 164 valence electrons. The van der Waals surface area contributed by atoms with E-state index in [4.69, 9.17) is 4.98 Å². The van der Waals surface area contributed by atoms with Crippen molar-refractivity contribution in [3.8, 4) is 22.8 Å². The lowest BCUT2D eigenvalue weighted by atomic mass is 9.88. The first kappa shape index (κ1) is 20.6. The van der Waals surface area contributed by atoms with Crippen LogP contribution in [0.4, 0.5) is 8.78 Å². The van der Waals surface area contributed by atoms with E-state index in [1.165, 1.54) is 12.1 Å². The summed E-state index contributed by atoms with van der Waals surface area (Å²) in [5.74, 6) is -0.0752. The van der Waals surface area contributed by atoms with Crippen molar-refractivity contribution < 1.29 is 28.2 Å². The standard InChI is InChI=1S/C25H21F2NO4/c1-15-2-8-19(28-23(15)17-5-3-16(14-29)4-6-17)13-22(30)24(10-11-24)18-7-9-20-21(12-18)32-25(26,27)31-20/h2-9,12,29H,10-11,13-14H2,1H3. The predicted octanol–water partition coefficient (Wildman–Crippen LogP) is 4.71.